The Balaban J connectivity index is 1.34. The van der Waals surface area contributed by atoms with E-state index in [0.717, 1.165) is 76.4 Å². The van der Waals surface area contributed by atoms with Gasteiger partial charge in [-0.15, -0.1) is 0 Å². The minimum absolute atomic E-state index is 0.0361. The summed E-state index contributed by atoms with van der Waals surface area (Å²) in [6.07, 6.45) is 14.7. The van der Waals surface area contributed by atoms with Crippen LogP contribution in [0.5, 0.6) is 5.75 Å². The fourth-order valence-corrected chi connectivity index (χ4v) is 8.21. The van der Waals surface area contributed by atoms with Crippen LogP contribution in [0.25, 0.3) is 0 Å². The van der Waals surface area contributed by atoms with Crippen molar-refractivity contribution in [3.05, 3.63) is 67.3 Å². The van der Waals surface area contributed by atoms with Crippen LogP contribution in [-0.4, -0.2) is 69.4 Å². The normalized spacial score (nSPS) is 25.5. The number of nitrogens with one attached hydrogen (secondary N) is 3. The van der Waals surface area contributed by atoms with Crippen molar-refractivity contribution < 1.29 is 28.6 Å². The average molecular weight is 664 g/mol. The smallest absolute Gasteiger partial charge is 0.243 e. The van der Waals surface area contributed by atoms with Gasteiger partial charge in [0.25, 0.3) is 0 Å². The van der Waals surface area contributed by atoms with Crippen LogP contribution in [0.4, 0.5) is 0 Å². The SMILES string of the molecule is C=CC(=O)NCCCCOc1ccc2c(c1)CC[C@@H]1[C@@H]2CC[C@]2(C)C(OCCCCNC(=O)C=C)C(OCCCCNC(=O)C=C)C[C@@H]12. The zero-order chi connectivity index (χ0) is 34.4. The number of ether oxygens (including phenoxy) is 3. The first-order valence-corrected chi connectivity index (χ1v) is 18.0. The lowest BCUT2D eigenvalue weighted by molar-refractivity contribution is -0.117. The highest BCUT2D eigenvalue weighted by molar-refractivity contribution is 5.87. The van der Waals surface area contributed by atoms with E-state index in [1.165, 1.54) is 29.4 Å². The molecule has 3 aliphatic carbocycles. The standard InChI is InChI=1S/C39H57N3O6/c1-5-35(43)40-20-8-11-23-46-29-15-17-30-28(26-29)14-16-32-31(30)18-19-39(4)33(32)27-34(47-24-12-9-21-41-36(44)6-2)38(39)48-25-13-10-22-42-37(45)7-3/h5-7,15,17,26,31-34,38H,1-3,8-14,16,18-25,27H2,4H3,(H,40,43)(H,41,44)(H,42,45)/t31-,32-,33+,34?,38?,39+/m1/s1. The van der Waals surface area contributed by atoms with E-state index in [-0.39, 0.29) is 35.3 Å². The first-order valence-electron chi connectivity index (χ1n) is 18.0. The predicted molar refractivity (Wildman–Crippen MR) is 189 cm³/mol. The fraction of sp³-hybridized carbons (Fsp3) is 0.615. The molecule has 9 nitrogen and oxygen atoms in total. The number of rotatable bonds is 21. The van der Waals surface area contributed by atoms with Gasteiger partial charge in [0.2, 0.25) is 17.7 Å². The van der Waals surface area contributed by atoms with E-state index < -0.39 is 0 Å². The quantitative estimate of drug-likeness (QED) is 0.117. The number of amides is 3. The summed E-state index contributed by atoms with van der Waals surface area (Å²) in [5.74, 6) is 2.16. The van der Waals surface area contributed by atoms with Gasteiger partial charge in [0, 0.05) is 32.8 Å². The molecule has 2 fully saturated rings. The maximum Gasteiger partial charge on any atom is 0.243 e. The van der Waals surface area contributed by atoms with Gasteiger partial charge in [0.15, 0.2) is 0 Å². The number of aryl methyl sites for hydroxylation is 1. The molecule has 3 N–H and O–H groups in total. The molecule has 0 aliphatic heterocycles. The van der Waals surface area contributed by atoms with Crippen molar-refractivity contribution in [2.24, 2.45) is 17.3 Å². The molecule has 6 atom stereocenters. The molecular formula is C39H57N3O6. The molecule has 2 saturated carbocycles. The molecule has 48 heavy (non-hydrogen) atoms. The van der Waals surface area contributed by atoms with Crippen molar-refractivity contribution in [2.45, 2.75) is 95.7 Å². The molecule has 3 aliphatic rings. The number of carbonyl (C=O) groups excluding carboxylic acids is 3. The Labute approximate surface area is 287 Å². The Kier molecular flexibility index (Phi) is 14.8. The van der Waals surface area contributed by atoms with E-state index in [0.29, 0.717) is 57.2 Å². The summed E-state index contributed by atoms with van der Waals surface area (Å²) in [5.41, 5.74) is 2.95. The summed E-state index contributed by atoms with van der Waals surface area (Å²) >= 11 is 0. The van der Waals surface area contributed by atoms with Crippen molar-refractivity contribution in [3.63, 3.8) is 0 Å². The third-order valence-corrected chi connectivity index (χ3v) is 10.7. The highest BCUT2D eigenvalue weighted by atomic mass is 16.5. The molecule has 2 unspecified atom stereocenters. The van der Waals surface area contributed by atoms with Gasteiger partial charge in [-0.3, -0.25) is 14.4 Å². The molecule has 3 amide bonds. The Bertz CT molecular complexity index is 1270. The highest BCUT2D eigenvalue weighted by Crippen LogP contribution is 2.62. The van der Waals surface area contributed by atoms with Crippen LogP contribution in [0.2, 0.25) is 0 Å². The number of fused-ring (bicyclic) bond motifs is 5. The molecule has 0 saturated heterocycles. The highest BCUT2D eigenvalue weighted by Gasteiger charge is 2.59. The lowest BCUT2D eigenvalue weighted by Gasteiger charge is -2.50. The molecule has 9 heteroatoms. The van der Waals surface area contributed by atoms with Crippen LogP contribution in [-0.2, 0) is 30.3 Å². The number of hydrogen-bond donors (Lipinski definition) is 3. The van der Waals surface area contributed by atoms with E-state index >= 15 is 0 Å². The van der Waals surface area contributed by atoms with Crippen LogP contribution in [0.15, 0.2) is 56.2 Å². The van der Waals surface area contributed by atoms with Crippen LogP contribution in [0.1, 0.15) is 88.2 Å². The molecule has 0 bridgehead atoms. The third kappa shape index (κ3) is 10.0. The monoisotopic (exact) mass is 663 g/mol. The van der Waals surface area contributed by atoms with Gasteiger partial charge in [0.05, 0.1) is 18.8 Å². The Morgan fingerprint density at radius 3 is 2.00 bits per heavy atom. The molecule has 0 spiro atoms. The second-order valence-corrected chi connectivity index (χ2v) is 13.7. The zero-order valence-electron chi connectivity index (χ0n) is 28.9. The fourth-order valence-electron chi connectivity index (χ4n) is 8.21. The summed E-state index contributed by atoms with van der Waals surface area (Å²) in [5, 5.41) is 8.50. The summed E-state index contributed by atoms with van der Waals surface area (Å²) in [7, 11) is 0. The number of benzene rings is 1. The maximum absolute atomic E-state index is 11.5. The molecule has 4 rings (SSSR count). The maximum atomic E-state index is 11.5. The van der Waals surface area contributed by atoms with Gasteiger partial charge >= 0.3 is 0 Å². The van der Waals surface area contributed by atoms with Gasteiger partial charge in [-0.2, -0.15) is 0 Å². The van der Waals surface area contributed by atoms with Crippen LogP contribution in [0.3, 0.4) is 0 Å². The predicted octanol–water partition coefficient (Wildman–Crippen LogP) is 5.55. The van der Waals surface area contributed by atoms with Crippen molar-refractivity contribution >= 4 is 17.7 Å². The Morgan fingerprint density at radius 1 is 0.812 bits per heavy atom. The van der Waals surface area contributed by atoms with Crippen molar-refractivity contribution in [1.29, 1.82) is 0 Å². The molecule has 264 valence electrons. The number of hydrogen-bond acceptors (Lipinski definition) is 6. The topological polar surface area (TPSA) is 115 Å². The summed E-state index contributed by atoms with van der Waals surface area (Å²) in [6, 6.07) is 6.69. The number of unbranched alkanes of at least 4 members (excludes halogenated alkanes) is 3. The van der Waals surface area contributed by atoms with Crippen LogP contribution >= 0.6 is 0 Å². The summed E-state index contributed by atoms with van der Waals surface area (Å²) in [4.78, 5) is 34.3. The molecule has 1 aromatic rings. The lowest BCUT2D eigenvalue weighted by atomic mass is 9.55. The molecule has 0 radical (unpaired) electrons. The second-order valence-electron chi connectivity index (χ2n) is 13.7. The van der Waals surface area contributed by atoms with E-state index in [9.17, 15) is 14.4 Å². The Morgan fingerprint density at radius 2 is 1.40 bits per heavy atom. The molecule has 0 aromatic heterocycles. The molecule has 0 heterocycles. The van der Waals surface area contributed by atoms with Gasteiger partial charge < -0.3 is 30.2 Å². The summed E-state index contributed by atoms with van der Waals surface area (Å²) in [6.45, 7) is 16.7. The van der Waals surface area contributed by atoms with Gasteiger partial charge in [0.1, 0.15) is 5.75 Å². The molecular weight excluding hydrogens is 606 g/mol. The largest absolute Gasteiger partial charge is 0.494 e. The van der Waals surface area contributed by atoms with Crippen LogP contribution < -0.4 is 20.7 Å². The Hall–Kier alpha value is -3.43. The van der Waals surface area contributed by atoms with Crippen molar-refractivity contribution in [2.75, 3.05) is 39.5 Å². The van der Waals surface area contributed by atoms with Gasteiger partial charge in [-0.25, -0.2) is 0 Å². The van der Waals surface area contributed by atoms with E-state index in [4.69, 9.17) is 14.2 Å². The first kappa shape index (κ1) is 37.4. The van der Waals surface area contributed by atoms with E-state index in [2.05, 4.69) is 60.8 Å². The van der Waals surface area contributed by atoms with Crippen LogP contribution in [0, 0.1) is 17.3 Å². The average Bonchev–Trinajstić information content (AvgIpc) is 3.39. The second kappa shape index (κ2) is 18.9. The molecule has 1 aromatic carbocycles. The van der Waals surface area contributed by atoms with E-state index in [1.807, 2.05) is 0 Å². The minimum Gasteiger partial charge on any atom is -0.494 e. The third-order valence-electron chi connectivity index (χ3n) is 10.7. The van der Waals surface area contributed by atoms with Gasteiger partial charge in [-0.1, -0.05) is 32.7 Å². The first-order chi connectivity index (χ1) is 23.3. The van der Waals surface area contributed by atoms with Gasteiger partial charge in [-0.05, 0) is 135 Å². The lowest BCUT2D eigenvalue weighted by Crippen LogP contribution is -2.46. The zero-order valence-corrected chi connectivity index (χ0v) is 28.9. The summed E-state index contributed by atoms with van der Waals surface area (Å²) < 4.78 is 19.4. The van der Waals surface area contributed by atoms with E-state index in [1.54, 1.807) is 0 Å². The van der Waals surface area contributed by atoms with Crippen molar-refractivity contribution in [1.82, 2.24) is 16.0 Å². The number of carbonyl (C=O) groups is 3. The minimum atomic E-state index is -0.142. The van der Waals surface area contributed by atoms with Crippen molar-refractivity contribution in [3.8, 4) is 5.75 Å².